The molecule has 0 saturated carbocycles. The van der Waals surface area contributed by atoms with Gasteiger partial charge in [0, 0.05) is 44.0 Å². The van der Waals surface area contributed by atoms with Crippen LogP contribution in [-0.2, 0) is 0 Å². The first kappa shape index (κ1) is 21.7. The second-order valence-corrected chi connectivity index (χ2v) is 8.12. The van der Waals surface area contributed by atoms with Gasteiger partial charge < -0.3 is 25.4 Å². The van der Waals surface area contributed by atoms with Crippen LogP contribution in [0.2, 0.25) is 0 Å². The number of carbonyl (C=O) groups is 1. The minimum Gasteiger partial charge on any atom is -0.493 e. The van der Waals surface area contributed by atoms with Crippen LogP contribution in [0.1, 0.15) is 0 Å². The maximum atomic E-state index is 12.3. The number of carbonyl (C=O) groups excluding carboxylic acids is 1. The predicted octanol–water partition coefficient (Wildman–Crippen LogP) is 6.24. The Hall–Kier alpha value is -3.53. The lowest BCUT2D eigenvalue weighted by Crippen LogP contribution is -2.19. The highest BCUT2D eigenvalue weighted by molar-refractivity contribution is 14.1. The number of nitrogens with zero attached hydrogens (tertiary/aromatic N) is 1. The molecule has 0 aliphatic heterocycles. The van der Waals surface area contributed by atoms with E-state index in [-0.39, 0.29) is 6.03 Å². The number of nitrogens with one attached hydrogen (secondary N) is 3. The summed E-state index contributed by atoms with van der Waals surface area (Å²) in [7, 11) is 3.20. The molecular formula is C24H21IN4O3. The molecule has 8 heteroatoms. The number of urea groups is 1. The summed E-state index contributed by atoms with van der Waals surface area (Å²) in [4.78, 5) is 16.7. The number of hydrogen-bond acceptors (Lipinski definition) is 5. The molecular weight excluding hydrogens is 519 g/mol. The number of amides is 2. The van der Waals surface area contributed by atoms with Crippen molar-refractivity contribution in [3.05, 3.63) is 76.5 Å². The zero-order chi connectivity index (χ0) is 22.5. The van der Waals surface area contributed by atoms with Crippen molar-refractivity contribution < 1.29 is 14.3 Å². The summed E-state index contributed by atoms with van der Waals surface area (Å²) in [5.74, 6) is 1.26. The van der Waals surface area contributed by atoms with Gasteiger partial charge in [-0.1, -0.05) is 6.07 Å². The maximum absolute atomic E-state index is 12.3. The van der Waals surface area contributed by atoms with Crippen molar-refractivity contribution >= 4 is 62.3 Å². The number of ether oxygens (including phenoxy) is 2. The number of aromatic nitrogens is 1. The van der Waals surface area contributed by atoms with Crippen molar-refractivity contribution in [2.24, 2.45) is 0 Å². The fourth-order valence-corrected chi connectivity index (χ4v) is 3.78. The van der Waals surface area contributed by atoms with Crippen molar-refractivity contribution in [3.63, 3.8) is 0 Å². The molecule has 0 unspecified atom stereocenters. The van der Waals surface area contributed by atoms with Crippen molar-refractivity contribution in [1.29, 1.82) is 0 Å². The van der Waals surface area contributed by atoms with Crippen LogP contribution in [0.3, 0.4) is 0 Å². The van der Waals surface area contributed by atoms with Crippen LogP contribution in [-0.4, -0.2) is 25.2 Å². The Balaban J connectivity index is 1.48. The molecule has 162 valence electrons. The van der Waals surface area contributed by atoms with E-state index >= 15 is 0 Å². The van der Waals surface area contributed by atoms with Gasteiger partial charge in [0.25, 0.3) is 0 Å². The lowest BCUT2D eigenvalue weighted by Gasteiger charge is -2.13. The predicted molar refractivity (Wildman–Crippen MR) is 136 cm³/mol. The smallest absolute Gasteiger partial charge is 0.323 e. The van der Waals surface area contributed by atoms with E-state index in [0.29, 0.717) is 17.2 Å². The zero-order valence-electron chi connectivity index (χ0n) is 17.5. The van der Waals surface area contributed by atoms with E-state index in [1.54, 1.807) is 20.4 Å². The highest BCUT2D eigenvalue weighted by Crippen LogP contribution is 2.35. The molecule has 1 heterocycles. The summed E-state index contributed by atoms with van der Waals surface area (Å²) in [5.41, 5.74) is 3.97. The van der Waals surface area contributed by atoms with Crippen LogP contribution in [0.25, 0.3) is 10.9 Å². The molecule has 0 radical (unpaired) electrons. The Bertz CT molecular complexity index is 1260. The Labute approximate surface area is 199 Å². The van der Waals surface area contributed by atoms with Gasteiger partial charge in [0.1, 0.15) is 0 Å². The molecule has 0 spiro atoms. The average Bonchev–Trinajstić information content (AvgIpc) is 2.79. The second-order valence-electron chi connectivity index (χ2n) is 6.87. The largest absolute Gasteiger partial charge is 0.493 e. The number of benzene rings is 3. The summed E-state index contributed by atoms with van der Waals surface area (Å²) < 4.78 is 11.8. The van der Waals surface area contributed by atoms with Crippen LogP contribution in [0.4, 0.5) is 27.5 Å². The first-order chi connectivity index (χ1) is 15.6. The molecule has 0 atom stereocenters. The Morgan fingerprint density at radius 3 is 2.25 bits per heavy atom. The first-order valence-corrected chi connectivity index (χ1v) is 10.8. The minimum atomic E-state index is -0.297. The lowest BCUT2D eigenvalue weighted by molar-refractivity contribution is 0.262. The van der Waals surface area contributed by atoms with Gasteiger partial charge in [-0.2, -0.15) is 0 Å². The summed E-state index contributed by atoms with van der Waals surface area (Å²) in [6.45, 7) is 0. The van der Waals surface area contributed by atoms with Gasteiger partial charge in [0.15, 0.2) is 11.5 Å². The summed E-state index contributed by atoms with van der Waals surface area (Å²) in [6, 6.07) is 20.4. The molecule has 0 bridgehead atoms. The zero-order valence-corrected chi connectivity index (χ0v) is 19.6. The fraction of sp³-hybridized carbons (Fsp3) is 0.0833. The Morgan fingerprint density at radius 1 is 0.844 bits per heavy atom. The molecule has 4 rings (SSSR count). The van der Waals surface area contributed by atoms with E-state index in [4.69, 9.17) is 9.47 Å². The third-order valence-corrected chi connectivity index (χ3v) is 5.42. The maximum Gasteiger partial charge on any atom is 0.323 e. The van der Waals surface area contributed by atoms with Gasteiger partial charge in [-0.15, -0.1) is 0 Å². The molecule has 3 N–H and O–H groups in total. The van der Waals surface area contributed by atoms with Gasteiger partial charge in [-0.05, 0) is 77.2 Å². The monoisotopic (exact) mass is 540 g/mol. The van der Waals surface area contributed by atoms with Crippen LogP contribution in [0.5, 0.6) is 11.5 Å². The highest BCUT2D eigenvalue weighted by Gasteiger charge is 2.10. The topological polar surface area (TPSA) is 84.5 Å². The van der Waals surface area contributed by atoms with Gasteiger partial charge in [-0.3, -0.25) is 4.98 Å². The first-order valence-electron chi connectivity index (χ1n) is 9.77. The van der Waals surface area contributed by atoms with E-state index in [0.717, 1.165) is 31.5 Å². The molecule has 2 amide bonds. The van der Waals surface area contributed by atoms with Crippen molar-refractivity contribution in [3.8, 4) is 11.5 Å². The van der Waals surface area contributed by atoms with Gasteiger partial charge in [0.2, 0.25) is 0 Å². The van der Waals surface area contributed by atoms with Crippen molar-refractivity contribution in [1.82, 2.24) is 4.98 Å². The van der Waals surface area contributed by atoms with Crippen molar-refractivity contribution in [2.75, 3.05) is 30.2 Å². The molecule has 7 nitrogen and oxygen atoms in total. The quantitative estimate of drug-likeness (QED) is 0.252. The van der Waals surface area contributed by atoms with Crippen LogP contribution < -0.4 is 25.4 Å². The number of methoxy groups -OCH3 is 2. The van der Waals surface area contributed by atoms with Gasteiger partial charge in [-0.25, -0.2) is 4.79 Å². The molecule has 32 heavy (non-hydrogen) atoms. The standard InChI is InChI=1S/C24H21IN4O3/c1-31-22-13-19-20(10-11-26-21(19)14-23(22)32-2)27-16-6-8-17(9-7-16)28-24(30)29-18-5-3-4-15(25)12-18/h3-14H,1-2H3,(H,26,27)(H2,28,29,30). The second kappa shape index (κ2) is 9.73. The lowest BCUT2D eigenvalue weighted by atomic mass is 10.1. The molecule has 0 aliphatic carbocycles. The highest BCUT2D eigenvalue weighted by atomic mass is 127. The number of fused-ring (bicyclic) bond motifs is 1. The average molecular weight is 540 g/mol. The minimum absolute atomic E-state index is 0.297. The molecule has 1 aromatic heterocycles. The van der Waals surface area contributed by atoms with E-state index in [1.165, 1.54) is 0 Å². The molecule has 0 aliphatic rings. The third-order valence-electron chi connectivity index (χ3n) is 4.75. The van der Waals surface area contributed by atoms with Crippen LogP contribution in [0.15, 0.2) is 72.9 Å². The number of hydrogen-bond donors (Lipinski definition) is 3. The summed E-state index contributed by atoms with van der Waals surface area (Å²) in [5, 5.41) is 9.97. The van der Waals surface area contributed by atoms with E-state index in [2.05, 4.69) is 43.5 Å². The number of halogens is 1. The molecule has 0 saturated heterocycles. The van der Waals surface area contributed by atoms with Gasteiger partial charge in [0.05, 0.1) is 19.7 Å². The number of anilines is 4. The third kappa shape index (κ3) is 5.02. The van der Waals surface area contributed by atoms with E-state index in [1.807, 2.05) is 66.7 Å². The van der Waals surface area contributed by atoms with E-state index < -0.39 is 0 Å². The number of pyridine rings is 1. The summed E-state index contributed by atoms with van der Waals surface area (Å²) >= 11 is 2.20. The Kier molecular flexibility index (Phi) is 6.60. The fourth-order valence-electron chi connectivity index (χ4n) is 3.23. The number of rotatable bonds is 6. The normalized spacial score (nSPS) is 10.5. The molecule has 4 aromatic rings. The molecule has 3 aromatic carbocycles. The SMILES string of the molecule is COc1cc2nccc(Nc3ccc(NC(=O)Nc4cccc(I)c4)cc3)c2cc1OC. The van der Waals surface area contributed by atoms with Crippen LogP contribution >= 0.6 is 22.6 Å². The van der Waals surface area contributed by atoms with Gasteiger partial charge >= 0.3 is 6.03 Å². The summed E-state index contributed by atoms with van der Waals surface area (Å²) in [6.07, 6.45) is 1.74. The molecule has 0 fully saturated rings. The van der Waals surface area contributed by atoms with E-state index in [9.17, 15) is 4.79 Å². The van der Waals surface area contributed by atoms with Crippen molar-refractivity contribution in [2.45, 2.75) is 0 Å². The Morgan fingerprint density at radius 2 is 1.53 bits per heavy atom. The van der Waals surface area contributed by atoms with Crippen LogP contribution in [0, 0.1) is 3.57 Å².